The second-order valence-corrected chi connectivity index (χ2v) is 4.48. The zero-order valence-corrected chi connectivity index (χ0v) is 11.5. The largest absolute Gasteiger partial charge is 0.481 e. The predicted molar refractivity (Wildman–Crippen MR) is 74.6 cm³/mol. The van der Waals surface area contributed by atoms with Gasteiger partial charge in [-0.2, -0.15) is 0 Å². The fraction of sp³-hybridized carbons (Fsp3) is 0.357. The Morgan fingerprint density at radius 3 is 2.30 bits per heavy atom. The van der Waals surface area contributed by atoms with Crippen molar-refractivity contribution >= 4 is 23.5 Å². The zero-order chi connectivity index (χ0) is 15.1. The highest BCUT2D eigenvalue weighted by atomic mass is 16.4. The molecule has 0 spiro atoms. The van der Waals surface area contributed by atoms with E-state index in [0.29, 0.717) is 24.2 Å². The molecule has 0 aromatic heterocycles. The van der Waals surface area contributed by atoms with Crippen LogP contribution >= 0.6 is 0 Å². The van der Waals surface area contributed by atoms with E-state index in [1.807, 2.05) is 0 Å². The first-order valence-corrected chi connectivity index (χ1v) is 6.25. The van der Waals surface area contributed by atoms with Gasteiger partial charge in [-0.05, 0) is 30.7 Å². The molecule has 0 radical (unpaired) electrons. The van der Waals surface area contributed by atoms with Crippen LogP contribution in [0.15, 0.2) is 24.3 Å². The molecule has 0 heterocycles. The van der Waals surface area contributed by atoms with Crippen LogP contribution in [0.5, 0.6) is 0 Å². The maximum absolute atomic E-state index is 12.0. The summed E-state index contributed by atoms with van der Waals surface area (Å²) in [5.74, 6) is -1.22. The maximum atomic E-state index is 12.0. The van der Waals surface area contributed by atoms with Gasteiger partial charge in [0.05, 0.1) is 0 Å². The van der Waals surface area contributed by atoms with Crippen molar-refractivity contribution < 1.29 is 19.5 Å². The van der Waals surface area contributed by atoms with E-state index in [0.717, 1.165) is 0 Å². The van der Waals surface area contributed by atoms with Crippen molar-refractivity contribution in [3.05, 3.63) is 29.8 Å². The Kier molecular flexibility index (Phi) is 5.71. The minimum absolute atomic E-state index is 0.0408. The number of hydrogen-bond donors (Lipinski definition) is 2. The monoisotopic (exact) mass is 278 g/mol. The molecule has 0 aliphatic carbocycles. The molecule has 6 heteroatoms. The third-order valence-electron chi connectivity index (χ3n) is 2.68. The summed E-state index contributed by atoms with van der Waals surface area (Å²) in [5.41, 5.74) is 1.12. The van der Waals surface area contributed by atoms with Crippen LogP contribution in [-0.2, 0) is 9.59 Å². The summed E-state index contributed by atoms with van der Waals surface area (Å²) < 4.78 is 0. The van der Waals surface area contributed by atoms with Gasteiger partial charge in [-0.25, -0.2) is 0 Å². The Morgan fingerprint density at radius 1 is 1.20 bits per heavy atom. The minimum atomic E-state index is -0.870. The molecule has 1 aromatic rings. The third kappa shape index (κ3) is 5.09. The highest BCUT2D eigenvalue weighted by Crippen LogP contribution is 2.11. The number of aliphatic carboxylic acids is 1. The number of carboxylic acid groups (broad SMARTS) is 1. The quantitative estimate of drug-likeness (QED) is 0.827. The van der Waals surface area contributed by atoms with Gasteiger partial charge in [0, 0.05) is 38.2 Å². The number of anilines is 1. The van der Waals surface area contributed by atoms with E-state index >= 15 is 0 Å². The van der Waals surface area contributed by atoms with Gasteiger partial charge < -0.3 is 15.3 Å². The number of rotatable bonds is 6. The number of amides is 2. The molecular weight excluding hydrogens is 260 g/mol. The molecule has 0 saturated carbocycles. The van der Waals surface area contributed by atoms with Crippen molar-refractivity contribution in [2.75, 3.05) is 18.9 Å². The Labute approximate surface area is 117 Å². The van der Waals surface area contributed by atoms with E-state index in [1.165, 1.54) is 11.8 Å². The first kappa shape index (κ1) is 15.7. The van der Waals surface area contributed by atoms with Crippen molar-refractivity contribution in [3.63, 3.8) is 0 Å². The lowest BCUT2D eigenvalue weighted by atomic mass is 10.1. The molecule has 1 aromatic carbocycles. The van der Waals surface area contributed by atoms with Crippen LogP contribution < -0.4 is 5.32 Å². The highest BCUT2D eigenvalue weighted by molar-refractivity contribution is 5.95. The number of benzene rings is 1. The van der Waals surface area contributed by atoms with Crippen LogP contribution in [0, 0.1) is 0 Å². The second-order valence-electron chi connectivity index (χ2n) is 4.48. The number of carbonyl (C=O) groups is 3. The molecule has 2 amide bonds. The van der Waals surface area contributed by atoms with Crippen LogP contribution in [-0.4, -0.2) is 41.4 Å². The molecule has 0 aliphatic rings. The summed E-state index contributed by atoms with van der Waals surface area (Å²) in [6.45, 7) is 1.80. The van der Waals surface area contributed by atoms with Gasteiger partial charge in [-0.15, -0.1) is 0 Å². The molecule has 1 rings (SSSR count). The lowest BCUT2D eigenvalue weighted by Gasteiger charge is -2.16. The van der Waals surface area contributed by atoms with E-state index in [1.54, 1.807) is 31.3 Å². The maximum Gasteiger partial charge on any atom is 0.303 e. The number of hydrogen-bond acceptors (Lipinski definition) is 3. The molecule has 0 unspecified atom stereocenters. The summed E-state index contributed by atoms with van der Waals surface area (Å²) in [5, 5.41) is 11.2. The van der Waals surface area contributed by atoms with Crippen molar-refractivity contribution in [3.8, 4) is 0 Å². The van der Waals surface area contributed by atoms with E-state index < -0.39 is 5.97 Å². The Bertz CT molecular complexity index is 496. The van der Waals surface area contributed by atoms with E-state index in [2.05, 4.69) is 5.32 Å². The number of carbonyl (C=O) groups excluding carboxylic acids is 2. The van der Waals surface area contributed by atoms with Crippen molar-refractivity contribution in [2.45, 2.75) is 19.8 Å². The predicted octanol–water partition coefficient (Wildman–Crippen LogP) is 1.58. The summed E-state index contributed by atoms with van der Waals surface area (Å²) in [7, 11) is 1.63. The SMILES string of the molecule is CC(=O)Nc1ccc(C(=O)N(C)CCCC(=O)O)cc1. The summed E-state index contributed by atoms with van der Waals surface area (Å²) in [6.07, 6.45) is 0.459. The van der Waals surface area contributed by atoms with Gasteiger partial charge in [0.15, 0.2) is 0 Å². The third-order valence-corrected chi connectivity index (χ3v) is 2.68. The lowest BCUT2D eigenvalue weighted by Crippen LogP contribution is -2.28. The molecule has 20 heavy (non-hydrogen) atoms. The Hall–Kier alpha value is -2.37. The van der Waals surface area contributed by atoms with Crippen molar-refractivity contribution in [1.29, 1.82) is 0 Å². The van der Waals surface area contributed by atoms with Gasteiger partial charge in [-0.3, -0.25) is 14.4 Å². The smallest absolute Gasteiger partial charge is 0.303 e. The molecule has 6 nitrogen and oxygen atoms in total. The molecule has 2 N–H and O–H groups in total. The molecule has 108 valence electrons. The molecule has 0 atom stereocenters. The van der Waals surface area contributed by atoms with E-state index in [-0.39, 0.29) is 18.2 Å². The van der Waals surface area contributed by atoms with Gasteiger partial charge in [-0.1, -0.05) is 0 Å². The molecule has 0 saturated heterocycles. The Balaban J connectivity index is 2.58. The van der Waals surface area contributed by atoms with Crippen LogP contribution in [0.3, 0.4) is 0 Å². The number of nitrogens with zero attached hydrogens (tertiary/aromatic N) is 1. The van der Waals surface area contributed by atoms with Crippen molar-refractivity contribution in [1.82, 2.24) is 4.90 Å². The fourth-order valence-corrected chi connectivity index (χ4v) is 1.69. The minimum Gasteiger partial charge on any atom is -0.481 e. The second kappa shape index (κ2) is 7.28. The number of nitrogens with one attached hydrogen (secondary N) is 1. The highest BCUT2D eigenvalue weighted by Gasteiger charge is 2.11. The van der Waals surface area contributed by atoms with Gasteiger partial charge in [0.2, 0.25) is 5.91 Å². The van der Waals surface area contributed by atoms with Crippen LogP contribution in [0.1, 0.15) is 30.1 Å². The Morgan fingerprint density at radius 2 is 1.80 bits per heavy atom. The zero-order valence-electron chi connectivity index (χ0n) is 11.5. The fourth-order valence-electron chi connectivity index (χ4n) is 1.69. The van der Waals surface area contributed by atoms with Crippen LogP contribution in [0.25, 0.3) is 0 Å². The summed E-state index contributed by atoms with van der Waals surface area (Å²) in [6, 6.07) is 6.56. The van der Waals surface area contributed by atoms with Gasteiger partial charge in [0.25, 0.3) is 5.91 Å². The van der Waals surface area contributed by atoms with Crippen LogP contribution in [0.2, 0.25) is 0 Å². The molecule has 0 fully saturated rings. The number of carboxylic acids is 1. The first-order chi connectivity index (χ1) is 9.40. The summed E-state index contributed by atoms with van der Waals surface area (Å²) >= 11 is 0. The van der Waals surface area contributed by atoms with Gasteiger partial charge in [0.1, 0.15) is 0 Å². The molecule has 0 aliphatic heterocycles. The van der Waals surface area contributed by atoms with Crippen LogP contribution in [0.4, 0.5) is 5.69 Å². The van der Waals surface area contributed by atoms with Crippen molar-refractivity contribution in [2.24, 2.45) is 0 Å². The normalized spacial score (nSPS) is 9.90. The average molecular weight is 278 g/mol. The first-order valence-electron chi connectivity index (χ1n) is 6.25. The standard InChI is InChI=1S/C14H18N2O4/c1-10(17)15-12-7-5-11(6-8-12)14(20)16(2)9-3-4-13(18)19/h5-8H,3-4,9H2,1-2H3,(H,15,17)(H,18,19). The van der Waals surface area contributed by atoms with E-state index in [9.17, 15) is 14.4 Å². The molecular formula is C14H18N2O4. The summed E-state index contributed by atoms with van der Waals surface area (Å²) in [4.78, 5) is 34.8. The lowest BCUT2D eigenvalue weighted by molar-refractivity contribution is -0.137. The topological polar surface area (TPSA) is 86.7 Å². The molecule has 0 bridgehead atoms. The average Bonchev–Trinajstić information content (AvgIpc) is 2.37. The van der Waals surface area contributed by atoms with E-state index in [4.69, 9.17) is 5.11 Å². The van der Waals surface area contributed by atoms with Gasteiger partial charge >= 0.3 is 5.97 Å².